The van der Waals surface area contributed by atoms with Crippen LogP contribution in [0.5, 0.6) is 0 Å². The fourth-order valence-corrected chi connectivity index (χ4v) is 5.43. The normalized spacial score (nSPS) is 26.4. The first-order valence-electron chi connectivity index (χ1n) is 11.9. The van der Waals surface area contributed by atoms with E-state index in [0.717, 1.165) is 35.1 Å². The summed E-state index contributed by atoms with van der Waals surface area (Å²) in [4.78, 5) is 15.8. The number of hydrogen-bond acceptors (Lipinski definition) is 3. The van der Waals surface area contributed by atoms with Crippen molar-refractivity contribution >= 4 is 12.0 Å². The van der Waals surface area contributed by atoms with Gasteiger partial charge in [-0.3, -0.25) is 9.78 Å². The van der Waals surface area contributed by atoms with E-state index in [9.17, 15) is 9.18 Å². The van der Waals surface area contributed by atoms with Crippen molar-refractivity contribution in [3.8, 4) is 24.0 Å². The van der Waals surface area contributed by atoms with Crippen LogP contribution in [0.25, 0.3) is 17.2 Å². The van der Waals surface area contributed by atoms with E-state index in [1.54, 1.807) is 18.3 Å². The molecule has 5 atom stereocenters. The van der Waals surface area contributed by atoms with Gasteiger partial charge in [0.25, 0.3) is 0 Å². The van der Waals surface area contributed by atoms with E-state index >= 15 is 0 Å². The molecule has 0 radical (unpaired) electrons. The number of rotatable bonds is 2. The fourth-order valence-electron chi connectivity index (χ4n) is 5.43. The van der Waals surface area contributed by atoms with Gasteiger partial charge in [-0.2, -0.15) is 0 Å². The van der Waals surface area contributed by atoms with Crippen molar-refractivity contribution in [1.29, 1.82) is 0 Å². The maximum absolute atomic E-state index is 13.0. The Bertz CT molecular complexity index is 952. The summed E-state index contributed by atoms with van der Waals surface area (Å²) in [6.07, 6.45) is 19.5. The minimum atomic E-state index is -0.236. The zero-order valence-electron chi connectivity index (χ0n) is 20.2. The third kappa shape index (κ3) is 6.67. The molecule has 2 heterocycles. The molecule has 2 saturated carbocycles. The molecule has 1 aromatic carbocycles. The number of benzene rings is 1. The number of aromatic nitrogens is 1. The lowest BCUT2D eigenvalue weighted by atomic mass is 9.63. The van der Waals surface area contributed by atoms with Crippen LogP contribution in [0.3, 0.4) is 0 Å². The smallest absolute Gasteiger partial charge is 0.309 e. The molecule has 0 N–H and O–H groups in total. The standard InChI is InChI=1S/C13H10FN.C13H20O2.C2H4.C2H2/c1-2-13-7-6-11(9-15-13)10-4-3-5-12(14)8-10;1-8-11-6-9-4-2-3-5-10(9)7-12(11)13(14)15-8;2*1-2/h2-9H,1H2;8-12H,2-7H2,1H3;1-2H2;1-2H/t;8-,9?,10+,11-,12-;;/m.1../s1. The quantitative estimate of drug-likeness (QED) is 0.267. The molecular formula is C30H36FNO2. The van der Waals surface area contributed by atoms with E-state index < -0.39 is 0 Å². The summed E-state index contributed by atoms with van der Waals surface area (Å²) in [5.74, 6) is 2.38. The predicted molar refractivity (Wildman–Crippen MR) is 138 cm³/mol. The molecule has 0 spiro atoms. The van der Waals surface area contributed by atoms with Crippen LogP contribution in [0.2, 0.25) is 0 Å². The first-order chi connectivity index (χ1) is 16.5. The molecule has 3 fully saturated rings. The maximum atomic E-state index is 13.0. The van der Waals surface area contributed by atoms with Crippen LogP contribution >= 0.6 is 0 Å². The van der Waals surface area contributed by atoms with Crippen molar-refractivity contribution in [3.63, 3.8) is 0 Å². The van der Waals surface area contributed by atoms with Gasteiger partial charge in [-0.15, -0.1) is 26.0 Å². The molecule has 180 valence electrons. The Morgan fingerprint density at radius 1 is 1.06 bits per heavy atom. The number of esters is 1. The van der Waals surface area contributed by atoms with Gasteiger partial charge >= 0.3 is 5.97 Å². The summed E-state index contributed by atoms with van der Waals surface area (Å²) >= 11 is 0. The number of hydrogen-bond donors (Lipinski definition) is 0. The lowest BCUT2D eigenvalue weighted by Gasteiger charge is -2.40. The minimum absolute atomic E-state index is 0.0940. The first kappa shape index (κ1) is 27.1. The Morgan fingerprint density at radius 2 is 1.74 bits per heavy atom. The van der Waals surface area contributed by atoms with Gasteiger partial charge in [-0.05, 0) is 61.4 Å². The van der Waals surface area contributed by atoms with E-state index in [4.69, 9.17) is 4.74 Å². The number of fused-ring (bicyclic) bond motifs is 2. The highest BCUT2D eigenvalue weighted by Crippen LogP contribution is 2.49. The number of nitrogens with zero attached hydrogens (tertiary/aromatic N) is 1. The SMILES string of the molecule is C#C.C=C.C=Cc1ccc(-c2cccc(F)c2)cn1.C[C@H]1OC(=O)[C@@H]2C[C@@H]3CCCCC3C[C@H]12. The second kappa shape index (κ2) is 13.5. The van der Waals surface area contributed by atoms with E-state index in [2.05, 4.69) is 44.5 Å². The lowest BCUT2D eigenvalue weighted by molar-refractivity contribution is -0.144. The van der Waals surface area contributed by atoms with Gasteiger partial charge in [0.1, 0.15) is 11.9 Å². The van der Waals surface area contributed by atoms with Crippen molar-refractivity contribution < 1.29 is 13.9 Å². The fraction of sp³-hybridized carbons (Fsp3) is 0.400. The highest BCUT2D eigenvalue weighted by molar-refractivity contribution is 5.75. The van der Waals surface area contributed by atoms with Crippen LogP contribution in [0.1, 0.15) is 51.1 Å². The molecule has 1 unspecified atom stereocenters. The molecule has 0 amide bonds. The lowest BCUT2D eigenvalue weighted by Crippen LogP contribution is -2.35. The number of pyridine rings is 1. The molecule has 1 saturated heterocycles. The van der Waals surface area contributed by atoms with Crippen molar-refractivity contribution in [2.45, 2.75) is 51.6 Å². The zero-order chi connectivity index (χ0) is 25.1. The van der Waals surface area contributed by atoms with Gasteiger partial charge in [0.2, 0.25) is 0 Å². The monoisotopic (exact) mass is 461 g/mol. The largest absolute Gasteiger partial charge is 0.462 e. The molecule has 34 heavy (non-hydrogen) atoms. The Labute approximate surface area is 204 Å². The van der Waals surface area contributed by atoms with Crippen molar-refractivity contribution in [3.05, 3.63) is 73.8 Å². The van der Waals surface area contributed by atoms with Crippen LogP contribution in [0, 0.1) is 42.3 Å². The Kier molecular flexibility index (Phi) is 10.7. The predicted octanol–water partition coefficient (Wildman–Crippen LogP) is 7.35. The number of carbonyl (C=O) groups is 1. The second-order valence-corrected chi connectivity index (χ2v) is 8.87. The van der Waals surface area contributed by atoms with E-state index in [-0.39, 0.29) is 23.8 Å². The highest BCUT2D eigenvalue weighted by atomic mass is 19.1. The molecule has 2 aliphatic carbocycles. The number of cyclic esters (lactones) is 1. The average molecular weight is 462 g/mol. The second-order valence-electron chi connectivity index (χ2n) is 8.87. The summed E-state index contributed by atoms with van der Waals surface area (Å²) in [6.45, 7) is 11.7. The minimum Gasteiger partial charge on any atom is -0.462 e. The van der Waals surface area contributed by atoms with Gasteiger partial charge in [-0.1, -0.05) is 50.5 Å². The summed E-state index contributed by atoms with van der Waals surface area (Å²) in [5, 5.41) is 0. The molecule has 4 heteroatoms. The molecule has 3 aliphatic rings. The van der Waals surface area contributed by atoms with Crippen molar-refractivity contribution in [2.24, 2.45) is 23.7 Å². The molecule has 0 bridgehead atoms. The molecule has 1 aromatic heterocycles. The van der Waals surface area contributed by atoms with Crippen LogP contribution < -0.4 is 0 Å². The van der Waals surface area contributed by atoms with Crippen LogP contribution in [0.4, 0.5) is 4.39 Å². The summed E-state index contributed by atoms with van der Waals surface area (Å²) in [6, 6.07) is 10.2. The number of halogens is 1. The number of ether oxygens (including phenoxy) is 1. The van der Waals surface area contributed by atoms with Gasteiger partial charge in [-0.25, -0.2) is 4.39 Å². The van der Waals surface area contributed by atoms with E-state index in [1.165, 1.54) is 44.2 Å². The van der Waals surface area contributed by atoms with Crippen LogP contribution in [0.15, 0.2) is 62.3 Å². The third-order valence-corrected chi connectivity index (χ3v) is 7.08. The number of terminal acetylenes is 1. The van der Waals surface area contributed by atoms with Gasteiger partial charge < -0.3 is 4.74 Å². The molecule has 3 nitrogen and oxygen atoms in total. The van der Waals surface area contributed by atoms with Crippen molar-refractivity contribution in [1.82, 2.24) is 4.98 Å². The number of carbonyl (C=O) groups excluding carboxylic acids is 1. The Hall–Kier alpha value is -3.19. The third-order valence-electron chi connectivity index (χ3n) is 7.08. The Balaban J connectivity index is 0.000000210. The summed E-state index contributed by atoms with van der Waals surface area (Å²) in [5.41, 5.74) is 2.55. The first-order valence-corrected chi connectivity index (χ1v) is 11.9. The van der Waals surface area contributed by atoms with Gasteiger partial charge in [0.15, 0.2) is 0 Å². The summed E-state index contributed by atoms with van der Waals surface area (Å²) in [7, 11) is 0. The molecule has 2 aromatic rings. The molecular weight excluding hydrogens is 425 g/mol. The van der Waals surface area contributed by atoms with E-state index in [0.29, 0.717) is 5.92 Å². The highest BCUT2D eigenvalue weighted by Gasteiger charge is 2.49. The average Bonchev–Trinajstić information content (AvgIpc) is 3.18. The maximum Gasteiger partial charge on any atom is 0.309 e. The van der Waals surface area contributed by atoms with Gasteiger partial charge in [0, 0.05) is 17.7 Å². The van der Waals surface area contributed by atoms with Crippen LogP contribution in [-0.4, -0.2) is 17.1 Å². The molecule has 1 aliphatic heterocycles. The topological polar surface area (TPSA) is 39.2 Å². The Morgan fingerprint density at radius 3 is 2.32 bits per heavy atom. The van der Waals surface area contributed by atoms with E-state index in [1.807, 2.05) is 18.2 Å². The molecule has 5 rings (SSSR count). The van der Waals surface area contributed by atoms with Crippen LogP contribution in [-0.2, 0) is 9.53 Å². The van der Waals surface area contributed by atoms with Crippen molar-refractivity contribution in [2.75, 3.05) is 0 Å². The zero-order valence-corrected chi connectivity index (χ0v) is 20.2. The van der Waals surface area contributed by atoms with Gasteiger partial charge in [0.05, 0.1) is 11.6 Å². The summed E-state index contributed by atoms with van der Waals surface area (Å²) < 4.78 is 18.3.